The largest absolute Gasteiger partial charge is 0.342 e. The van der Waals surface area contributed by atoms with E-state index < -0.39 is 0 Å². The van der Waals surface area contributed by atoms with E-state index in [0.29, 0.717) is 37.6 Å². The van der Waals surface area contributed by atoms with Crippen LogP contribution in [-0.2, 0) is 16.0 Å². The molecular formula is C21H26N4O3. The third-order valence-electron chi connectivity index (χ3n) is 5.85. The maximum atomic E-state index is 12.8. The standard InChI is InChI=1S/C21H26N4O3/c1-2-12-24-13-10-21(20(24)27)11-14-25(15-21)18(26)9-8-17-22-19(23-28-17)16-6-4-3-5-7-16/h3-7H,2,8-15H2,1H3. The van der Waals surface area contributed by atoms with E-state index in [1.54, 1.807) is 0 Å². The Labute approximate surface area is 164 Å². The highest BCUT2D eigenvalue weighted by atomic mass is 16.5. The molecule has 148 valence electrons. The molecule has 2 aliphatic rings. The highest BCUT2D eigenvalue weighted by molar-refractivity contribution is 5.87. The van der Waals surface area contributed by atoms with Crippen molar-refractivity contribution in [2.24, 2.45) is 5.41 Å². The van der Waals surface area contributed by atoms with Gasteiger partial charge in [-0.1, -0.05) is 42.4 Å². The van der Waals surface area contributed by atoms with Gasteiger partial charge in [-0.2, -0.15) is 4.98 Å². The summed E-state index contributed by atoms with van der Waals surface area (Å²) in [5.41, 5.74) is 0.539. The number of rotatable bonds is 6. The number of likely N-dealkylation sites (tertiary alicyclic amines) is 2. The zero-order valence-electron chi connectivity index (χ0n) is 16.3. The van der Waals surface area contributed by atoms with Crippen molar-refractivity contribution in [3.8, 4) is 11.4 Å². The van der Waals surface area contributed by atoms with Crippen LogP contribution in [0.2, 0.25) is 0 Å². The molecule has 0 saturated carbocycles. The van der Waals surface area contributed by atoms with Gasteiger partial charge >= 0.3 is 0 Å². The van der Waals surface area contributed by atoms with Crippen molar-refractivity contribution in [3.05, 3.63) is 36.2 Å². The van der Waals surface area contributed by atoms with E-state index in [9.17, 15) is 9.59 Å². The SMILES string of the molecule is CCCN1CCC2(CCN(C(=O)CCc3nc(-c4ccccc4)no3)C2)C1=O. The van der Waals surface area contributed by atoms with Gasteiger partial charge < -0.3 is 14.3 Å². The van der Waals surface area contributed by atoms with Gasteiger partial charge in [0.25, 0.3) is 0 Å². The van der Waals surface area contributed by atoms with Gasteiger partial charge in [0.15, 0.2) is 0 Å². The predicted octanol–water partition coefficient (Wildman–Crippen LogP) is 2.53. The maximum absolute atomic E-state index is 12.8. The molecule has 2 aliphatic heterocycles. The summed E-state index contributed by atoms with van der Waals surface area (Å²) in [5, 5.41) is 3.99. The van der Waals surface area contributed by atoms with E-state index in [2.05, 4.69) is 17.1 Å². The van der Waals surface area contributed by atoms with Crippen molar-refractivity contribution in [1.82, 2.24) is 19.9 Å². The highest BCUT2D eigenvalue weighted by Crippen LogP contribution is 2.40. The molecule has 2 amide bonds. The second-order valence-electron chi connectivity index (χ2n) is 7.77. The van der Waals surface area contributed by atoms with E-state index in [1.807, 2.05) is 40.1 Å². The second kappa shape index (κ2) is 7.73. The molecule has 0 radical (unpaired) electrons. The van der Waals surface area contributed by atoms with Gasteiger partial charge in [0.05, 0.1) is 5.41 Å². The number of amides is 2. The molecule has 1 aromatic heterocycles. The van der Waals surface area contributed by atoms with Crippen LogP contribution in [0.5, 0.6) is 0 Å². The molecule has 1 aromatic carbocycles. The zero-order valence-corrected chi connectivity index (χ0v) is 16.3. The summed E-state index contributed by atoms with van der Waals surface area (Å²) in [6, 6.07) is 9.62. The summed E-state index contributed by atoms with van der Waals surface area (Å²) < 4.78 is 5.29. The zero-order chi connectivity index (χ0) is 19.6. The highest BCUT2D eigenvalue weighted by Gasteiger charge is 2.51. The number of benzene rings is 1. The minimum absolute atomic E-state index is 0.0538. The number of hydrogen-bond acceptors (Lipinski definition) is 5. The van der Waals surface area contributed by atoms with Crippen LogP contribution >= 0.6 is 0 Å². The summed E-state index contributed by atoms with van der Waals surface area (Å²) in [7, 11) is 0. The quantitative estimate of drug-likeness (QED) is 0.767. The van der Waals surface area contributed by atoms with Crippen LogP contribution in [0.15, 0.2) is 34.9 Å². The molecule has 3 heterocycles. The van der Waals surface area contributed by atoms with Crippen molar-refractivity contribution in [3.63, 3.8) is 0 Å². The van der Waals surface area contributed by atoms with Crippen molar-refractivity contribution in [1.29, 1.82) is 0 Å². The van der Waals surface area contributed by atoms with E-state index >= 15 is 0 Å². The molecule has 28 heavy (non-hydrogen) atoms. The number of carbonyl (C=O) groups excluding carboxylic acids is 2. The fraction of sp³-hybridized carbons (Fsp3) is 0.524. The molecule has 0 N–H and O–H groups in total. The van der Waals surface area contributed by atoms with Gasteiger partial charge in [0.1, 0.15) is 0 Å². The van der Waals surface area contributed by atoms with Gasteiger partial charge in [-0.3, -0.25) is 9.59 Å². The number of carbonyl (C=O) groups is 2. The Bertz CT molecular complexity index is 850. The van der Waals surface area contributed by atoms with Gasteiger partial charge in [-0.05, 0) is 19.3 Å². The van der Waals surface area contributed by atoms with E-state index in [4.69, 9.17) is 4.52 Å². The average molecular weight is 382 g/mol. The molecule has 7 heteroatoms. The summed E-state index contributed by atoms with van der Waals surface area (Å²) in [6.45, 7) is 4.92. The predicted molar refractivity (Wildman–Crippen MR) is 103 cm³/mol. The Kier molecular flexibility index (Phi) is 5.15. The Morgan fingerprint density at radius 2 is 2.00 bits per heavy atom. The van der Waals surface area contributed by atoms with Crippen LogP contribution in [-0.4, -0.2) is 57.9 Å². The normalized spacial score (nSPS) is 21.8. The fourth-order valence-electron chi connectivity index (χ4n) is 4.27. The van der Waals surface area contributed by atoms with Crippen molar-refractivity contribution >= 4 is 11.8 Å². The van der Waals surface area contributed by atoms with Crippen LogP contribution in [0.1, 0.15) is 38.5 Å². The van der Waals surface area contributed by atoms with Gasteiger partial charge in [-0.25, -0.2) is 0 Å². The van der Waals surface area contributed by atoms with Crippen LogP contribution in [0.4, 0.5) is 0 Å². The monoisotopic (exact) mass is 382 g/mol. The minimum atomic E-state index is -0.351. The van der Waals surface area contributed by atoms with Crippen LogP contribution in [0.3, 0.4) is 0 Å². The molecule has 0 bridgehead atoms. The molecule has 1 spiro atoms. The lowest BCUT2D eigenvalue weighted by Crippen LogP contribution is -2.38. The van der Waals surface area contributed by atoms with Crippen LogP contribution < -0.4 is 0 Å². The fourth-order valence-corrected chi connectivity index (χ4v) is 4.27. The molecule has 2 aromatic rings. The second-order valence-corrected chi connectivity index (χ2v) is 7.77. The summed E-state index contributed by atoms with van der Waals surface area (Å²) in [4.78, 5) is 33.6. The maximum Gasteiger partial charge on any atom is 0.230 e. The first-order chi connectivity index (χ1) is 13.6. The number of nitrogens with zero attached hydrogens (tertiary/aromatic N) is 4. The molecule has 7 nitrogen and oxygen atoms in total. The Balaban J connectivity index is 1.32. The van der Waals surface area contributed by atoms with Crippen molar-refractivity contribution in [2.45, 2.75) is 39.0 Å². The van der Waals surface area contributed by atoms with Crippen molar-refractivity contribution < 1.29 is 14.1 Å². The first kappa shape index (κ1) is 18.7. The Morgan fingerprint density at radius 3 is 2.79 bits per heavy atom. The minimum Gasteiger partial charge on any atom is -0.342 e. The van der Waals surface area contributed by atoms with Crippen molar-refractivity contribution in [2.75, 3.05) is 26.2 Å². The average Bonchev–Trinajstić information content (AvgIpc) is 3.44. The Morgan fingerprint density at radius 1 is 1.21 bits per heavy atom. The van der Waals surface area contributed by atoms with Gasteiger partial charge in [0.2, 0.25) is 23.5 Å². The van der Waals surface area contributed by atoms with E-state index in [-0.39, 0.29) is 17.2 Å². The van der Waals surface area contributed by atoms with Crippen LogP contribution in [0.25, 0.3) is 11.4 Å². The Hall–Kier alpha value is -2.70. The first-order valence-electron chi connectivity index (χ1n) is 10.1. The topological polar surface area (TPSA) is 79.5 Å². The third kappa shape index (κ3) is 3.53. The molecule has 0 aliphatic carbocycles. The molecule has 4 rings (SSSR count). The number of aromatic nitrogens is 2. The molecule has 2 saturated heterocycles. The molecular weight excluding hydrogens is 356 g/mol. The van der Waals surface area contributed by atoms with E-state index in [0.717, 1.165) is 37.9 Å². The lowest BCUT2D eigenvalue weighted by Gasteiger charge is -2.23. The molecule has 1 atom stereocenters. The third-order valence-corrected chi connectivity index (χ3v) is 5.85. The first-order valence-corrected chi connectivity index (χ1v) is 10.1. The lowest BCUT2D eigenvalue weighted by molar-refractivity contribution is -0.136. The van der Waals surface area contributed by atoms with Gasteiger partial charge in [0, 0.05) is 44.6 Å². The number of hydrogen-bond donors (Lipinski definition) is 0. The smallest absolute Gasteiger partial charge is 0.230 e. The lowest BCUT2D eigenvalue weighted by atomic mass is 9.85. The van der Waals surface area contributed by atoms with Gasteiger partial charge in [-0.15, -0.1) is 0 Å². The molecule has 1 unspecified atom stereocenters. The molecule has 2 fully saturated rings. The number of aryl methyl sites for hydroxylation is 1. The summed E-state index contributed by atoms with van der Waals surface area (Å²) in [6.07, 6.45) is 3.34. The van der Waals surface area contributed by atoms with Crippen LogP contribution in [0, 0.1) is 5.41 Å². The van der Waals surface area contributed by atoms with E-state index in [1.165, 1.54) is 0 Å². The summed E-state index contributed by atoms with van der Waals surface area (Å²) >= 11 is 0. The summed E-state index contributed by atoms with van der Waals surface area (Å²) in [5.74, 6) is 1.29.